The van der Waals surface area contributed by atoms with Crippen LogP contribution >= 0.6 is 0 Å². The van der Waals surface area contributed by atoms with Crippen molar-refractivity contribution in [3.05, 3.63) is 24.7 Å². The van der Waals surface area contributed by atoms with E-state index in [1.165, 1.54) is 0 Å². The number of hydrogen-bond donors (Lipinski definition) is 2. The monoisotopic (exact) mass is 552 g/mol. The van der Waals surface area contributed by atoms with Gasteiger partial charge in [0, 0.05) is 57.7 Å². The maximum atomic E-state index is 11.3. The number of carbonyl (C=O) groups is 1. The summed E-state index contributed by atoms with van der Waals surface area (Å²) in [5.41, 5.74) is 7.86. The summed E-state index contributed by atoms with van der Waals surface area (Å²) in [6.45, 7) is 5.85. The summed E-state index contributed by atoms with van der Waals surface area (Å²) >= 11 is 0. The second-order valence-electron chi connectivity index (χ2n) is 11.0. The number of morpholine rings is 1. The zero-order valence-electron chi connectivity index (χ0n) is 23.0. The number of hydrogen-bond acceptors (Lipinski definition) is 9. The van der Waals surface area contributed by atoms with E-state index in [2.05, 4.69) is 19.9 Å². The number of aromatic nitrogens is 5. The van der Waals surface area contributed by atoms with Crippen LogP contribution < -0.4 is 15.8 Å². The van der Waals surface area contributed by atoms with Crippen molar-refractivity contribution in [3.63, 3.8) is 0 Å². The van der Waals surface area contributed by atoms with Gasteiger partial charge in [0.25, 0.3) is 0 Å². The maximum absolute atomic E-state index is 11.3. The van der Waals surface area contributed by atoms with E-state index < -0.39 is 0 Å². The molecule has 3 aromatic rings. The number of amides is 1. The summed E-state index contributed by atoms with van der Waals surface area (Å²) in [6.07, 6.45) is 13.0. The molecule has 2 saturated heterocycles. The SMILES string of the molecule is NC(=O)CCCn1ccc2nc(Nc3cnn(C4CCOCC4)c3)nc(O[C@H]3CC[C@H](N4CCOCC4)CC3)c21. The van der Waals surface area contributed by atoms with Crippen molar-refractivity contribution in [2.45, 2.75) is 76.1 Å². The molecular formula is C28H40N8O4. The molecule has 3 aromatic heterocycles. The van der Waals surface area contributed by atoms with Crippen molar-refractivity contribution >= 4 is 28.6 Å². The van der Waals surface area contributed by atoms with Crippen LogP contribution in [0.3, 0.4) is 0 Å². The molecule has 12 heteroatoms. The number of ether oxygens (including phenoxy) is 3. The minimum absolute atomic E-state index is 0.0912. The Hall–Kier alpha value is -3.22. The van der Waals surface area contributed by atoms with E-state index in [4.69, 9.17) is 29.9 Å². The van der Waals surface area contributed by atoms with Gasteiger partial charge in [0.15, 0.2) is 0 Å². The molecule has 0 atom stereocenters. The van der Waals surface area contributed by atoms with E-state index in [9.17, 15) is 4.79 Å². The van der Waals surface area contributed by atoms with Gasteiger partial charge in [0.1, 0.15) is 11.6 Å². The molecule has 0 aromatic carbocycles. The Morgan fingerprint density at radius 1 is 1.02 bits per heavy atom. The maximum Gasteiger partial charge on any atom is 0.243 e. The second kappa shape index (κ2) is 12.5. The Kier molecular flexibility index (Phi) is 8.45. The highest BCUT2D eigenvalue weighted by atomic mass is 16.5. The summed E-state index contributed by atoms with van der Waals surface area (Å²) in [6, 6.07) is 2.91. The van der Waals surface area contributed by atoms with E-state index in [1.54, 1.807) is 0 Å². The first-order chi connectivity index (χ1) is 19.6. The number of nitrogens with one attached hydrogen (secondary N) is 1. The average molecular weight is 553 g/mol. The van der Waals surface area contributed by atoms with Gasteiger partial charge < -0.3 is 29.8 Å². The second-order valence-corrected chi connectivity index (χ2v) is 11.0. The van der Waals surface area contributed by atoms with Gasteiger partial charge >= 0.3 is 0 Å². The fourth-order valence-corrected chi connectivity index (χ4v) is 6.13. The molecule has 1 aliphatic carbocycles. The first-order valence-corrected chi connectivity index (χ1v) is 14.6. The highest BCUT2D eigenvalue weighted by molar-refractivity contribution is 5.82. The standard InChI is InChI=1S/C28H40N8O4/c29-25(37)2-1-10-35-11-7-24-26(35)27(40-23-5-3-21(4-6-23)34-12-16-39-17-13-34)33-28(32-24)31-20-18-30-36(19-20)22-8-14-38-15-9-22/h7,11,18-19,21-23H,1-6,8-10,12-17H2,(H2,29,37)(H,31,32,33)/t21-,23-. The molecule has 12 nitrogen and oxygen atoms in total. The van der Waals surface area contributed by atoms with Gasteiger partial charge in [-0.05, 0) is 51.0 Å². The zero-order chi connectivity index (χ0) is 27.3. The largest absolute Gasteiger partial charge is 0.473 e. The van der Waals surface area contributed by atoms with Crippen LogP contribution in [0.4, 0.5) is 11.6 Å². The van der Waals surface area contributed by atoms with Gasteiger partial charge in [-0.25, -0.2) is 4.98 Å². The number of aryl methyl sites for hydroxylation is 1. The molecule has 0 bridgehead atoms. The molecule has 0 radical (unpaired) electrons. The van der Waals surface area contributed by atoms with Crippen LogP contribution in [0.2, 0.25) is 0 Å². The van der Waals surface area contributed by atoms with E-state index in [0.717, 1.165) is 94.8 Å². The average Bonchev–Trinajstić information content (AvgIpc) is 3.62. The molecule has 3 fully saturated rings. The third-order valence-electron chi connectivity index (χ3n) is 8.31. The summed E-state index contributed by atoms with van der Waals surface area (Å²) in [4.78, 5) is 23.5. The van der Waals surface area contributed by atoms with Gasteiger partial charge in [0.05, 0.1) is 36.7 Å². The summed E-state index contributed by atoms with van der Waals surface area (Å²) in [7, 11) is 0. The summed E-state index contributed by atoms with van der Waals surface area (Å²) in [5.74, 6) is 0.753. The fraction of sp³-hybridized carbons (Fsp3) is 0.643. The van der Waals surface area contributed by atoms with Crippen molar-refractivity contribution in [1.29, 1.82) is 0 Å². The Labute approximate surface area is 234 Å². The quantitative estimate of drug-likeness (QED) is 0.389. The minimum Gasteiger partial charge on any atom is -0.473 e. The number of anilines is 2. The van der Waals surface area contributed by atoms with Crippen LogP contribution in [0.25, 0.3) is 11.0 Å². The number of rotatable bonds is 10. The summed E-state index contributed by atoms with van der Waals surface area (Å²) < 4.78 is 21.7. The highest BCUT2D eigenvalue weighted by Gasteiger charge is 2.29. The third-order valence-corrected chi connectivity index (χ3v) is 8.31. The third kappa shape index (κ3) is 6.39. The van der Waals surface area contributed by atoms with Gasteiger partial charge in [-0.2, -0.15) is 10.1 Å². The number of fused-ring (bicyclic) bond motifs is 1. The molecule has 3 aliphatic rings. The van der Waals surface area contributed by atoms with Crippen LogP contribution in [0.1, 0.15) is 57.4 Å². The molecule has 40 heavy (non-hydrogen) atoms. The van der Waals surface area contributed by atoms with E-state index >= 15 is 0 Å². The molecule has 216 valence electrons. The van der Waals surface area contributed by atoms with Crippen LogP contribution in [0.15, 0.2) is 24.7 Å². The van der Waals surface area contributed by atoms with Crippen LogP contribution in [0.5, 0.6) is 5.88 Å². The van der Waals surface area contributed by atoms with Crippen LogP contribution in [0, 0.1) is 0 Å². The Balaban J connectivity index is 1.19. The molecule has 5 heterocycles. The fourth-order valence-electron chi connectivity index (χ4n) is 6.13. The lowest BCUT2D eigenvalue weighted by Gasteiger charge is -2.38. The van der Waals surface area contributed by atoms with Crippen molar-refractivity contribution in [2.24, 2.45) is 5.73 Å². The van der Waals surface area contributed by atoms with Crippen LogP contribution in [-0.4, -0.2) is 86.8 Å². The van der Waals surface area contributed by atoms with Crippen molar-refractivity contribution < 1.29 is 19.0 Å². The lowest BCUT2D eigenvalue weighted by Crippen LogP contribution is -2.46. The van der Waals surface area contributed by atoms with Gasteiger partial charge in [-0.1, -0.05) is 0 Å². The number of carbonyl (C=O) groups excluding carboxylic acids is 1. The Morgan fingerprint density at radius 2 is 1.80 bits per heavy atom. The molecular weight excluding hydrogens is 512 g/mol. The first kappa shape index (κ1) is 27.0. The molecule has 0 spiro atoms. The van der Waals surface area contributed by atoms with E-state index in [1.807, 2.05) is 29.3 Å². The summed E-state index contributed by atoms with van der Waals surface area (Å²) in [5, 5.41) is 7.91. The molecule has 2 aliphatic heterocycles. The number of nitrogens with two attached hydrogens (primary N) is 1. The predicted molar refractivity (Wildman–Crippen MR) is 150 cm³/mol. The Morgan fingerprint density at radius 3 is 2.58 bits per heavy atom. The van der Waals surface area contributed by atoms with Crippen molar-refractivity contribution in [3.8, 4) is 5.88 Å². The van der Waals surface area contributed by atoms with E-state index in [-0.39, 0.29) is 12.0 Å². The van der Waals surface area contributed by atoms with Gasteiger partial charge in [-0.3, -0.25) is 14.4 Å². The molecule has 1 amide bonds. The highest BCUT2D eigenvalue weighted by Crippen LogP contribution is 2.32. The topological polar surface area (TPSA) is 135 Å². The smallest absolute Gasteiger partial charge is 0.243 e. The Bertz CT molecular complexity index is 1270. The number of primary amides is 1. The molecule has 6 rings (SSSR count). The van der Waals surface area contributed by atoms with E-state index in [0.29, 0.717) is 43.3 Å². The zero-order valence-corrected chi connectivity index (χ0v) is 23.0. The number of nitrogens with zero attached hydrogens (tertiary/aromatic N) is 6. The lowest BCUT2D eigenvalue weighted by atomic mass is 9.91. The lowest BCUT2D eigenvalue weighted by molar-refractivity contribution is -0.118. The normalized spacial score (nSPS) is 22.9. The van der Waals surface area contributed by atoms with Crippen molar-refractivity contribution in [2.75, 3.05) is 44.8 Å². The first-order valence-electron chi connectivity index (χ1n) is 14.6. The van der Waals surface area contributed by atoms with Crippen molar-refractivity contribution in [1.82, 2.24) is 29.2 Å². The van der Waals surface area contributed by atoms with Gasteiger partial charge in [-0.15, -0.1) is 0 Å². The van der Waals surface area contributed by atoms with Gasteiger partial charge in [0.2, 0.25) is 17.7 Å². The molecule has 1 saturated carbocycles. The predicted octanol–water partition coefficient (Wildman–Crippen LogP) is 3.01. The molecule has 3 N–H and O–H groups in total. The minimum atomic E-state index is -0.297. The van der Waals surface area contributed by atoms with Crippen LogP contribution in [-0.2, 0) is 20.8 Å². The molecule has 0 unspecified atom stereocenters.